The standard InChI is InChI=1S/C20H17BrN2O2S/c1-12-7-9-14(10-8-12)22-20(26)23-19(24)16-11-13-5-3-4-6-15(13)17(21)18(16)25-2/h3-11H,1-2H3,(H2,22,23,24,26). The zero-order valence-electron chi connectivity index (χ0n) is 14.3. The average molecular weight is 429 g/mol. The second-order valence-electron chi connectivity index (χ2n) is 5.77. The van der Waals surface area contributed by atoms with Gasteiger partial charge in [-0.25, -0.2) is 0 Å². The van der Waals surface area contributed by atoms with E-state index in [2.05, 4.69) is 26.6 Å². The first kappa shape index (κ1) is 18.4. The number of halogens is 1. The van der Waals surface area contributed by atoms with Crippen molar-refractivity contribution in [3.63, 3.8) is 0 Å². The third-order valence-electron chi connectivity index (χ3n) is 3.93. The SMILES string of the molecule is COc1c(C(=O)NC(=S)Nc2ccc(C)cc2)cc2ccccc2c1Br. The lowest BCUT2D eigenvalue weighted by Gasteiger charge is -2.14. The number of fused-ring (bicyclic) bond motifs is 1. The smallest absolute Gasteiger partial charge is 0.261 e. The molecule has 0 radical (unpaired) electrons. The van der Waals surface area contributed by atoms with Gasteiger partial charge >= 0.3 is 0 Å². The second-order valence-corrected chi connectivity index (χ2v) is 6.97. The molecule has 0 aromatic heterocycles. The summed E-state index contributed by atoms with van der Waals surface area (Å²) in [5.41, 5.74) is 2.37. The van der Waals surface area contributed by atoms with E-state index in [1.54, 1.807) is 6.07 Å². The van der Waals surface area contributed by atoms with Crippen molar-refractivity contribution >= 4 is 55.6 Å². The molecule has 0 aliphatic heterocycles. The molecule has 0 aliphatic carbocycles. The van der Waals surface area contributed by atoms with Crippen molar-refractivity contribution in [1.82, 2.24) is 5.32 Å². The zero-order valence-corrected chi connectivity index (χ0v) is 16.7. The number of thiocarbonyl (C=S) groups is 1. The lowest BCUT2D eigenvalue weighted by molar-refractivity contribution is 0.0975. The molecule has 0 spiro atoms. The first-order valence-corrected chi connectivity index (χ1v) is 9.14. The Morgan fingerprint density at radius 2 is 1.81 bits per heavy atom. The number of hydrogen-bond acceptors (Lipinski definition) is 3. The summed E-state index contributed by atoms with van der Waals surface area (Å²) < 4.78 is 6.18. The monoisotopic (exact) mass is 428 g/mol. The molecule has 0 aliphatic rings. The predicted octanol–water partition coefficient (Wildman–Crippen LogP) is 5.05. The predicted molar refractivity (Wildman–Crippen MR) is 113 cm³/mol. The highest BCUT2D eigenvalue weighted by Gasteiger charge is 2.19. The molecule has 3 rings (SSSR count). The molecule has 1 amide bonds. The van der Waals surface area contributed by atoms with E-state index in [0.29, 0.717) is 11.3 Å². The summed E-state index contributed by atoms with van der Waals surface area (Å²) in [7, 11) is 1.54. The van der Waals surface area contributed by atoms with Crippen LogP contribution < -0.4 is 15.4 Å². The molecule has 0 heterocycles. The summed E-state index contributed by atoms with van der Waals surface area (Å²) in [4.78, 5) is 12.7. The fraction of sp³-hybridized carbons (Fsp3) is 0.100. The average Bonchev–Trinajstić information content (AvgIpc) is 2.63. The lowest BCUT2D eigenvalue weighted by Crippen LogP contribution is -2.34. The largest absolute Gasteiger partial charge is 0.495 e. The number of anilines is 1. The van der Waals surface area contributed by atoms with Gasteiger partial charge in [0.15, 0.2) is 5.11 Å². The minimum Gasteiger partial charge on any atom is -0.495 e. The summed E-state index contributed by atoms with van der Waals surface area (Å²) >= 11 is 8.79. The number of carbonyl (C=O) groups excluding carboxylic acids is 1. The van der Waals surface area contributed by atoms with Crippen molar-refractivity contribution in [2.75, 3.05) is 12.4 Å². The summed E-state index contributed by atoms with van der Waals surface area (Å²) in [5, 5.41) is 7.85. The quantitative estimate of drug-likeness (QED) is 0.573. The number of methoxy groups -OCH3 is 1. The van der Waals surface area contributed by atoms with Gasteiger partial charge in [0.25, 0.3) is 5.91 Å². The van der Waals surface area contributed by atoms with Gasteiger partial charge in [-0.3, -0.25) is 10.1 Å². The van der Waals surface area contributed by atoms with Gasteiger partial charge in [0, 0.05) is 5.69 Å². The van der Waals surface area contributed by atoms with E-state index in [4.69, 9.17) is 17.0 Å². The maximum atomic E-state index is 12.7. The molecule has 3 aromatic rings. The van der Waals surface area contributed by atoms with Crippen molar-refractivity contribution in [3.8, 4) is 5.75 Å². The van der Waals surface area contributed by atoms with Crippen LogP contribution in [0.5, 0.6) is 5.75 Å². The van der Waals surface area contributed by atoms with Crippen LogP contribution in [-0.2, 0) is 0 Å². The second kappa shape index (κ2) is 7.85. The minimum atomic E-state index is -0.335. The molecule has 6 heteroatoms. The van der Waals surface area contributed by atoms with Crippen LogP contribution in [0.4, 0.5) is 5.69 Å². The molecule has 26 heavy (non-hydrogen) atoms. The topological polar surface area (TPSA) is 50.4 Å². The fourth-order valence-corrected chi connectivity index (χ4v) is 3.57. The first-order valence-electron chi connectivity index (χ1n) is 7.94. The van der Waals surface area contributed by atoms with Gasteiger partial charge in [-0.05, 0) is 64.0 Å². The number of rotatable bonds is 3. The molecule has 0 bridgehead atoms. The molecule has 0 atom stereocenters. The van der Waals surface area contributed by atoms with E-state index in [9.17, 15) is 4.79 Å². The maximum Gasteiger partial charge on any atom is 0.261 e. The third kappa shape index (κ3) is 3.86. The molecular weight excluding hydrogens is 412 g/mol. The first-order chi connectivity index (χ1) is 12.5. The molecule has 3 aromatic carbocycles. The Labute approximate surface area is 165 Å². The van der Waals surface area contributed by atoms with Crippen molar-refractivity contribution in [2.45, 2.75) is 6.92 Å². The zero-order chi connectivity index (χ0) is 18.7. The highest BCUT2D eigenvalue weighted by Crippen LogP contribution is 2.36. The van der Waals surface area contributed by atoms with Gasteiger partial charge in [-0.15, -0.1) is 0 Å². The summed E-state index contributed by atoms with van der Waals surface area (Å²) in [5.74, 6) is 0.136. The highest BCUT2D eigenvalue weighted by molar-refractivity contribution is 9.10. The van der Waals surface area contributed by atoms with Crippen LogP contribution in [0.2, 0.25) is 0 Å². The minimum absolute atomic E-state index is 0.227. The number of aryl methyl sites for hydroxylation is 1. The van der Waals surface area contributed by atoms with Gasteiger partial charge in [0.05, 0.1) is 17.1 Å². The van der Waals surface area contributed by atoms with Gasteiger partial charge in [-0.1, -0.05) is 42.0 Å². The van der Waals surface area contributed by atoms with E-state index in [-0.39, 0.29) is 11.0 Å². The fourth-order valence-electron chi connectivity index (χ4n) is 2.62. The third-order valence-corrected chi connectivity index (χ3v) is 4.92. The van der Waals surface area contributed by atoms with E-state index in [0.717, 1.165) is 26.5 Å². The summed E-state index contributed by atoms with van der Waals surface area (Å²) in [6.07, 6.45) is 0. The van der Waals surface area contributed by atoms with Crippen molar-refractivity contribution in [2.24, 2.45) is 0 Å². The summed E-state index contributed by atoms with van der Waals surface area (Å²) in [6, 6.07) is 17.3. The molecule has 0 saturated carbocycles. The highest BCUT2D eigenvalue weighted by atomic mass is 79.9. The molecular formula is C20H17BrN2O2S. The van der Waals surface area contributed by atoms with E-state index >= 15 is 0 Å². The van der Waals surface area contributed by atoms with Crippen LogP contribution in [0.25, 0.3) is 10.8 Å². The molecule has 4 nitrogen and oxygen atoms in total. The Bertz CT molecular complexity index is 987. The maximum absolute atomic E-state index is 12.7. The number of benzene rings is 3. The van der Waals surface area contributed by atoms with Crippen molar-refractivity contribution in [3.05, 3.63) is 70.2 Å². The van der Waals surface area contributed by atoms with Crippen LogP contribution >= 0.6 is 28.1 Å². The van der Waals surface area contributed by atoms with Crippen molar-refractivity contribution < 1.29 is 9.53 Å². The Hall–Kier alpha value is -2.44. The number of carbonyl (C=O) groups is 1. The van der Waals surface area contributed by atoms with Gasteiger partial charge < -0.3 is 10.1 Å². The Balaban J connectivity index is 1.85. The van der Waals surface area contributed by atoms with Crippen LogP contribution in [0.1, 0.15) is 15.9 Å². The molecule has 0 unspecified atom stereocenters. The van der Waals surface area contributed by atoms with E-state index in [1.807, 2.05) is 55.5 Å². The normalized spacial score (nSPS) is 10.4. The number of ether oxygens (including phenoxy) is 1. The Morgan fingerprint density at radius 3 is 2.50 bits per heavy atom. The summed E-state index contributed by atoms with van der Waals surface area (Å²) in [6.45, 7) is 2.01. The van der Waals surface area contributed by atoms with Crippen LogP contribution in [0.3, 0.4) is 0 Å². The molecule has 0 saturated heterocycles. The van der Waals surface area contributed by atoms with Gasteiger partial charge in [-0.2, -0.15) is 0 Å². The van der Waals surface area contributed by atoms with Crippen LogP contribution in [0.15, 0.2) is 59.1 Å². The lowest BCUT2D eigenvalue weighted by atomic mass is 10.1. The molecule has 0 fully saturated rings. The number of nitrogens with one attached hydrogen (secondary N) is 2. The van der Waals surface area contributed by atoms with Gasteiger partial charge in [0.2, 0.25) is 0 Å². The van der Waals surface area contributed by atoms with Crippen LogP contribution in [-0.4, -0.2) is 18.1 Å². The molecule has 2 N–H and O–H groups in total. The van der Waals surface area contributed by atoms with Crippen molar-refractivity contribution in [1.29, 1.82) is 0 Å². The Morgan fingerprint density at radius 1 is 1.12 bits per heavy atom. The van der Waals surface area contributed by atoms with Crippen LogP contribution in [0, 0.1) is 6.92 Å². The Kier molecular flexibility index (Phi) is 5.54. The van der Waals surface area contributed by atoms with E-state index in [1.165, 1.54) is 7.11 Å². The van der Waals surface area contributed by atoms with E-state index < -0.39 is 0 Å². The molecule has 132 valence electrons. The number of hydrogen-bond donors (Lipinski definition) is 2. The number of amides is 1. The van der Waals surface area contributed by atoms with Gasteiger partial charge in [0.1, 0.15) is 5.75 Å².